The van der Waals surface area contributed by atoms with E-state index in [0.717, 1.165) is 63.3 Å². The van der Waals surface area contributed by atoms with Crippen molar-refractivity contribution in [2.24, 2.45) is 0 Å². The number of hydrogen-bond acceptors (Lipinski definition) is 11. The number of fused-ring (bicyclic) bond motifs is 3. The number of benzene rings is 2. The Bertz CT molecular complexity index is 2640. The Morgan fingerprint density at radius 2 is 1.74 bits per heavy atom. The van der Waals surface area contributed by atoms with Crippen LogP contribution >= 0.6 is 23.2 Å². The summed E-state index contributed by atoms with van der Waals surface area (Å²) in [6.45, 7) is 8.54. The number of carbonyl (C=O) groups excluding carboxylic acids is 2. The smallest absolute Gasteiger partial charge is 0.416 e. The van der Waals surface area contributed by atoms with Crippen molar-refractivity contribution in [2.45, 2.75) is 63.2 Å². The van der Waals surface area contributed by atoms with E-state index in [2.05, 4.69) is 25.1 Å². The van der Waals surface area contributed by atoms with Gasteiger partial charge < -0.3 is 29.5 Å². The van der Waals surface area contributed by atoms with E-state index in [-0.39, 0.29) is 65.0 Å². The Morgan fingerprint density at radius 3 is 2.39 bits per heavy atom. The van der Waals surface area contributed by atoms with Crippen LogP contribution in [0.1, 0.15) is 65.1 Å². The van der Waals surface area contributed by atoms with Crippen molar-refractivity contribution in [3.63, 3.8) is 0 Å². The summed E-state index contributed by atoms with van der Waals surface area (Å²) in [7, 11) is 0. The monoisotopic (exact) mass is 880 g/mol. The lowest BCUT2D eigenvalue weighted by Crippen LogP contribution is -2.56. The third kappa shape index (κ3) is 7.36. The fourth-order valence-corrected chi connectivity index (χ4v) is 9.83. The minimum absolute atomic E-state index is 0.0183. The van der Waals surface area contributed by atoms with Gasteiger partial charge in [-0.25, -0.2) is 9.97 Å². The van der Waals surface area contributed by atoms with Gasteiger partial charge in [-0.05, 0) is 68.5 Å². The summed E-state index contributed by atoms with van der Waals surface area (Å²) in [5.74, 6) is -1.32. The number of nitrogens with one attached hydrogen (secondary N) is 1. The molecular weight excluding hydrogens is 840 g/mol. The molecule has 20 heteroatoms. The van der Waals surface area contributed by atoms with Gasteiger partial charge in [-0.2, -0.15) is 22.7 Å². The standard InChI is InChI=1S/C41H41Cl2F3N10O5/c1-22-17-40(7-9-54(10-8-40)38(60)33-35(58)23(2)47-21-48-33)32-34(22)55(18-31(57)49-29-5-4-25(16-27(29)42)41(44,45)46)39-50-36(51-56(39)37(32)59)24-3-6-30(28(43)15-24)53-13-11-52(12-14-53)26-19-61-20-26/h3-6,15-16,21-22,26,58H,7-14,17-20H2,1-2H3,(H,49,57)/t22-/m0/s1. The first-order valence-corrected chi connectivity index (χ1v) is 20.7. The van der Waals surface area contributed by atoms with Crippen molar-refractivity contribution in [1.82, 2.24) is 38.9 Å². The van der Waals surface area contributed by atoms with Gasteiger partial charge in [0.25, 0.3) is 11.5 Å². The molecule has 1 spiro atoms. The molecule has 3 saturated heterocycles. The van der Waals surface area contributed by atoms with Crippen molar-refractivity contribution < 1.29 is 32.6 Å². The summed E-state index contributed by atoms with van der Waals surface area (Å²) >= 11 is 13.1. The number of piperazine rings is 1. The summed E-state index contributed by atoms with van der Waals surface area (Å²) in [5.41, 5.74) is 0.532. The minimum Gasteiger partial charge on any atom is -0.504 e. The minimum atomic E-state index is -4.63. The van der Waals surface area contributed by atoms with Crippen LogP contribution in [-0.4, -0.2) is 114 Å². The first-order valence-electron chi connectivity index (χ1n) is 20.0. The summed E-state index contributed by atoms with van der Waals surface area (Å²) < 4.78 is 48.3. The first-order chi connectivity index (χ1) is 29.1. The lowest BCUT2D eigenvalue weighted by atomic mass is 9.73. The maximum Gasteiger partial charge on any atom is 0.416 e. The average molecular weight is 882 g/mol. The summed E-state index contributed by atoms with van der Waals surface area (Å²) in [6.07, 6.45) is -2.07. The van der Waals surface area contributed by atoms with E-state index in [1.807, 2.05) is 19.1 Å². The van der Waals surface area contributed by atoms with Gasteiger partial charge in [0, 0.05) is 61.5 Å². The molecule has 0 unspecified atom stereocenters. The van der Waals surface area contributed by atoms with E-state index in [1.165, 1.54) is 10.8 Å². The molecule has 0 bridgehead atoms. The third-order valence-electron chi connectivity index (χ3n) is 12.6. The van der Waals surface area contributed by atoms with Gasteiger partial charge in [0.1, 0.15) is 12.9 Å². The van der Waals surface area contributed by atoms with Gasteiger partial charge in [0.05, 0.1) is 51.9 Å². The molecular formula is C41H41Cl2F3N10O5. The molecule has 4 aliphatic rings. The predicted octanol–water partition coefficient (Wildman–Crippen LogP) is 5.53. The molecule has 3 fully saturated rings. The van der Waals surface area contributed by atoms with Crippen molar-refractivity contribution in [3.05, 3.63) is 91.3 Å². The molecule has 5 aromatic rings. The average Bonchev–Trinajstić information content (AvgIpc) is 3.78. The number of piperidine rings is 1. The molecule has 2 aromatic carbocycles. The Kier molecular flexibility index (Phi) is 10.5. The fourth-order valence-electron chi connectivity index (χ4n) is 9.30. The fraction of sp³-hybridized carbons (Fsp3) is 0.439. The number of aryl methyl sites for hydroxylation is 1. The molecule has 15 nitrogen and oxygen atoms in total. The van der Waals surface area contributed by atoms with Crippen LogP contribution in [0.4, 0.5) is 24.5 Å². The highest BCUT2D eigenvalue weighted by Crippen LogP contribution is 2.50. The van der Waals surface area contributed by atoms with Crippen LogP contribution in [-0.2, 0) is 27.7 Å². The number of aromatic hydroxyl groups is 1. The van der Waals surface area contributed by atoms with Crippen molar-refractivity contribution in [3.8, 4) is 17.1 Å². The lowest BCUT2D eigenvalue weighted by Gasteiger charge is -2.43. The first kappa shape index (κ1) is 41.1. The van der Waals surface area contributed by atoms with Crippen LogP contribution in [0.15, 0.2) is 47.5 Å². The van der Waals surface area contributed by atoms with E-state index in [0.29, 0.717) is 47.1 Å². The van der Waals surface area contributed by atoms with Crippen LogP contribution < -0.4 is 15.8 Å². The highest BCUT2D eigenvalue weighted by Gasteiger charge is 2.49. The number of anilines is 2. The summed E-state index contributed by atoms with van der Waals surface area (Å²) in [5, 5.41) is 18.1. The van der Waals surface area contributed by atoms with E-state index in [1.54, 1.807) is 22.5 Å². The number of rotatable bonds is 7. The molecule has 2 amide bonds. The zero-order valence-electron chi connectivity index (χ0n) is 33.2. The molecule has 1 aliphatic carbocycles. The number of aromatic nitrogens is 6. The number of alkyl halides is 3. The highest BCUT2D eigenvalue weighted by molar-refractivity contribution is 6.34. The normalized spacial score (nSPS) is 19.4. The largest absolute Gasteiger partial charge is 0.504 e. The molecule has 1 atom stereocenters. The van der Waals surface area contributed by atoms with Crippen molar-refractivity contribution in [1.29, 1.82) is 0 Å². The Morgan fingerprint density at radius 1 is 1.00 bits per heavy atom. The summed E-state index contributed by atoms with van der Waals surface area (Å²) in [4.78, 5) is 61.2. The molecule has 6 heterocycles. The molecule has 0 radical (unpaired) electrons. The van der Waals surface area contributed by atoms with Gasteiger partial charge in [-0.1, -0.05) is 30.1 Å². The van der Waals surface area contributed by atoms with Crippen molar-refractivity contribution >= 4 is 52.2 Å². The van der Waals surface area contributed by atoms with E-state index < -0.39 is 34.5 Å². The van der Waals surface area contributed by atoms with Gasteiger partial charge >= 0.3 is 6.18 Å². The third-order valence-corrected chi connectivity index (χ3v) is 13.2. The maximum atomic E-state index is 14.8. The van der Waals surface area contributed by atoms with Gasteiger partial charge in [-0.15, -0.1) is 5.10 Å². The number of halogens is 5. The zero-order valence-corrected chi connectivity index (χ0v) is 34.7. The number of likely N-dealkylation sites (tertiary alicyclic amines) is 1. The van der Waals surface area contributed by atoms with Crippen LogP contribution in [0.5, 0.6) is 5.75 Å². The van der Waals surface area contributed by atoms with Crippen LogP contribution in [0.25, 0.3) is 17.2 Å². The molecule has 0 saturated carbocycles. The molecule has 61 heavy (non-hydrogen) atoms. The molecule has 3 aliphatic heterocycles. The Hall–Kier alpha value is -5.30. The highest BCUT2D eigenvalue weighted by atomic mass is 35.5. The van der Waals surface area contributed by atoms with Crippen molar-refractivity contribution in [2.75, 3.05) is 62.7 Å². The maximum absolute atomic E-state index is 14.8. The second-order valence-corrected chi connectivity index (χ2v) is 17.1. The number of amides is 2. The van der Waals surface area contributed by atoms with E-state index >= 15 is 0 Å². The topological polar surface area (TPSA) is 163 Å². The van der Waals surface area contributed by atoms with E-state index in [4.69, 9.17) is 38.0 Å². The van der Waals surface area contributed by atoms with Gasteiger partial charge in [0.2, 0.25) is 11.7 Å². The SMILES string of the molecule is Cc1ncnc(C(=O)N2CCC3(CC2)C[C@H](C)c2c3c(=O)n3nc(-c4ccc(N5CCN(C6COC6)CC5)c(Cl)c4)nc3n2CC(=O)Nc2ccc(C(F)(F)F)cc2Cl)c1O. The predicted molar refractivity (Wildman–Crippen MR) is 219 cm³/mol. The molecule has 9 rings (SSSR count). The van der Waals surface area contributed by atoms with Crippen LogP contribution in [0, 0.1) is 6.92 Å². The second-order valence-electron chi connectivity index (χ2n) is 16.3. The Balaban J connectivity index is 1.06. The number of hydrogen-bond donors (Lipinski definition) is 2. The van der Waals surface area contributed by atoms with Crippen LogP contribution in [0.2, 0.25) is 10.0 Å². The van der Waals surface area contributed by atoms with Crippen LogP contribution in [0.3, 0.4) is 0 Å². The quantitative estimate of drug-likeness (QED) is 0.212. The second kappa shape index (κ2) is 15.6. The zero-order chi connectivity index (χ0) is 43.0. The molecule has 2 N–H and O–H groups in total. The number of carbonyl (C=O) groups is 2. The number of nitrogens with zero attached hydrogens (tertiary/aromatic N) is 9. The summed E-state index contributed by atoms with van der Waals surface area (Å²) in [6, 6.07) is 8.64. The van der Waals surface area contributed by atoms with E-state index in [9.17, 15) is 32.7 Å². The van der Waals surface area contributed by atoms with Gasteiger partial charge in [0.15, 0.2) is 17.3 Å². The molecule has 320 valence electrons. The Labute approximate surface area is 357 Å². The number of ether oxygens (including phenoxy) is 1. The lowest BCUT2D eigenvalue weighted by molar-refractivity contribution is -0.137. The molecule has 3 aromatic heterocycles. The van der Waals surface area contributed by atoms with Gasteiger partial charge in [-0.3, -0.25) is 19.3 Å².